The van der Waals surface area contributed by atoms with Gasteiger partial charge in [0.2, 0.25) is 10.0 Å². The van der Waals surface area contributed by atoms with Gasteiger partial charge in [-0.3, -0.25) is 4.79 Å². The molecule has 1 atom stereocenters. The van der Waals surface area contributed by atoms with E-state index in [0.717, 1.165) is 19.3 Å². The van der Waals surface area contributed by atoms with Gasteiger partial charge in [0.05, 0.1) is 5.75 Å². The molecule has 0 unspecified atom stereocenters. The molecule has 1 saturated carbocycles. The van der Waals surface area contributed by atoms with Crippen molar-refractivity contribution in [2.45, 2.75) is 57.9 Å². The average molecular weight is 277 g/mol. The second-order valence-electron chi connectivity index (χ2n) is 5.06. The van der Waals surface area contributed by atoms with Gasteiger partial charge in [0.1, 0.15) is 6.04 Å². The lowest BCUT2D eigenvalue weighted by Gasteiger charge is -2.25. The fourth-order valence-electron chi connectivity index (χ4n) is 2.02. The maximum Gasteiger partial charge on any atom is 0.321 e. The lowest BCUT2D eigenvalue weighted by Crippen LogP contribution is -2.42. The van der Waals surface area contributed by atoms with Crippen molar-refractivity contribution in [3.05, 3.63) is 0 Å². The number of aliphatic carboxylic acids is 1. The number of sulfonamides is 1. The molecule has 0 amide bonds. The third-order valence-corrected chi connectivity index (χ3v) is 4.90. The summed E-state index contributed by atoms with van der Waals surface area (Å²) in [7, 11) is -3.46. The molecule has 1 aliphatic rings. The minimum absolute atomic E-state index is 0.0492. The fraction of sp³-hybridized carbons (Fsp3) is 0.917. The number of hydrogen-bond acceptors (Lipinski definition) is 3. The Hall–Kier alpha value is -0.620. The van der Waals surface area contributed by atoms with Crippen molar-refractivity contribution in [1.29, 1.82) is 0 Å². The van der Waals surface area contributed by atoms with Gasteiger partial charge in [-0.15, -0.1) is 0 Å². The van der Waals surface area contributed by atoms with Gasteiger partial charge in [0, 0.05) is 0 Å². The Labute approximate surface area is 109 Å². The molecule has 0 aromatic carbocycles. The molecule has 0 aromatic rings. The number of rotatable bonds is 9. The van der Waals surface area contributed by atoms with Crippen LogP contribution in [0.25, 0.3) is 0 Å². The highest BCUT2D eigenvalue weighted by atomic mass is 32.2. The minimum Gasteiger partial charge on any atom is -0.480 e. The van der Waals surface area contributed by atoms with Gasteiger partial charge in [0.25, 0.3) is 0 Å². The molecule has 1 rings (SSSR count). The normalized spacial score (nSPS) is 18.3. The predicted molar refractivity (Wildman–Crippen MR) is 69.8 cm³/mol. The van der Waals surface area contributed by atoms with E-state index < -0.39 is 22.0 Å². The summed E-state index contributed by atoms with van der Waals surface area (Å²) >= 11 is 0. The van der Waals surface area contributed by atoms with Crippen LogP contribution in [0.5, 0.6) is 0 Å². The van der Waals surface area contributed by atoms with Crippen LogP contribution >= 0.6 is 0 Å². The highest BCUT2D eigenvalue weighted by Gasteiger charge is 2.25. The van der Waals surface area contributed by atoms with E-state index in [0.29, 0.717) is 25.2 Å². The van der Waals surface area contributed by atoms with E-state index in [9.17, 15) is 13.2 Å². The van der Waals surface area contributed by atoms with Gasteiger partial charge in [0.15, 0.2) is 0 Å². The van der Waals surface area contributed by atoms with Gasteiger partial charge >= 0.3 is 5.97 Å². The minimum atomic E-state index is -3.46. The van der Waals surface area contributed by atoms with Crippen LogP contribution in [0.4, 0.5) is 0 Å². The predicted octanol–water partition coefficient (Wildman–Crippen LogP) is 1.74. The molecule has 0 spiro atoms. The van der Waals surface area contributed by atoms with Crippen LogP contribution < -0.4 is 4.72 Å². The zero-order chi connectivity index (χ0) is 13.6. The Morgan fingerprint density at radius 2 is 2.11 bits per heavy atom. The fourth-order valence-corrected chi connectivity index (χ4v) is 3.43. The molecule has 2 N–H and O–H groups in total. The maximum absolute atomic E-state index is 11.8. The van der Waals surface area contributed by atoms with Crippen molar-refractivity contribution in [2.24, 2.45) is 5.92 Å². The van der Waals surface area contributed by atoms with Gasteiger partial charge in [-0.25, -0.2) is 13.1 Å². The topological polar surface area (TPSA) is 83.5 Å². The Morgan fingerprint density at radius 1 is 1.44 bits per heavy atom. The second-order valence-corrected chi connectivity index (χ2v) is 6.93. The Morgan fingerprint density at radius 3 is 2.56 bits per heavy atom. The third-order valence-electron chi connectivity index (χ3n) is 3.49. The van der Waals surface area contributed by atoms with Crippen molar-refractivity contribution in [1.82, 2.24) is 4.72 Å². The number of carboxylic acids is 1. The summed E-state index contributed by atoms with van der Waals surface area (Å²) in [6.45, 7) is 1.95. The standard InChI is InChI=1S/C12H23NO4S/c1-2-3-7-11(12(14)15)13-18(16,17)9-8-10-5-4-6-10/h10-11,13H,2-9H2,1H3,(H,14,15)/t11-/m0/s1. The maximum atomic E-state index is 11.8. The van der Waals surface area contributed by atoms with Crippen LogP contribution in [0.1, 0.15) is 51.9 Å². The van der Waals surface area contributed by atoms with Crippen LogP contribution in [0, 0.1) is 5.92 Å². The Balaban J connectivity index is 2.41. The lowest BCUT2D eigenvalue weighted by molar-refractivity contribution is -0.139. The summed E-state index contributed by atoms with van der Waals surface area (Å²) in [6, 6.07) is -0.976. The van der Waals surface area contributed by atoms with E-state index >= 15 is 0 Å². The highest BCUT2D eigenvalue weighted by Crippen LogP contribution is 2.29. The first kappa shape index (κ1) is 15.4. The van der Waals surface area contributed by atoms with Crippen molar-refractivity contribution in [3.8, 4) is 0 Å². The van der Waals surface area contributed by atoms with E-state index in [1.54, 1.807) is 0 Å². The first-order chi connectivity index (χ1) is 8.44. The van der Waals surface area contributed by atoms with Crippen LogP contribution in [-0.4, -0.2) is 31.3 Å². The summed E-state index contributed by atoms with van der Waals surface area (Å²) in [5, 5.41) is 8.97. The summed E-state index contributed by atoms with van der Waals surface area (Å²) in [6.07, 6.45) is 5.97. The van der Waals surface area contributed by atoms with Crippen LogP contribution in [-0.2, 0) is 14.8 Å². The molecule has 1 fully saturated rings. The molecule has 0 aromatic heterocycles. The highest BCUT2D eigenvalue weighted by molar-refractivity contribution is 7.89. The number of hydrogen-bond donors (Lipinski definition) is 2. The van der Waals surface area contributed by atoms with E-state index in [1.807, 2.05) is 6.92 Å². The third kappa shape index (κ3) is 5.35. The second kappa shape index (κ2) is 7.09. The quantitative estimate of drug-likeness (QED) is 0.672. The van der Waals surface area contributed by atoms with Crippen molar-refractivity contribution >= 4 is 16.0 Å². The largest absolute Gasteiger partial charge is 0.480 e. The van der Waals surface area contributed by atoms with E-state index in [-0.39, 0.29) is 5.75 Å². The molecule has 6 heteroatoms. The average Bonchev–Trinajstić information content (AvgIpc) is 2.21. The van der Waals surface area contributed by atoms with Crippen LogP contribution in [0.2, 0.25) is 0 Å². The Bertz CT molecular complexity index is 362. The van der Waals surface area contributed by atoms with Crippen molar-refractivity contribution in [3.63, 3.8) is 0 Å². The van der Waals surface area contributed by atoms with Gasteiger partial charge in [-0.05, 0) is 18.8 Å². The van der Waals surface area contributed by atoms with Gasteiger partial charge < -0.3 is 5.11 Å². The van der Waals surface area contributed by atoms with Gasteiger partial charge in [-0.1, -0.05) is 39.0 Å². The smallest absolute Gasteiger partial charge is 0.321 e. The monoisotopic (exact) mass is 277 g/mol. The number of nitrogens with one attached hydrogen (secondary N) is 1. The molecular formula is C12H23NO4S. The SMILES string of the molecule is CCCC[C@H](NS(=O)(=O)CCC1CCC1)C(=O)O. The molecule has 106 valence electrons. The zero-order valence-electron chi connectivity index (χ0n) is 10.9. The van der Waals surface area contributed by atoms with E-state index in [2.05, 4.69) is 4.72 Å². The van der Waals surface area contributed by atoms with Crippen molar-refractivity contribution in [2.75, 3.05) is 5.75 Å². The van der Waals surface area contributed by atoms with Crippen molar-refractivity contribution < 1.29 is 18.3 Å². The van der Waals surface area contributed by atoms with Crippen LogP contribution in [0.15, 0.2) is 0 Å². The molecule has 1 aliphatic carbocycles. The van der Waals surface area contributed by atoms with E-state index in [4.69, 9.17) is 5.11 Å². The Kier molecular flexibility index (Phi) is 6.08. The summed E-state index contributed by atoms with van der Waals surface area (Å²) in [4.78, 5) is 11.0. The molecule has 0 heterocycles. The van der Waals surface area contributed by atoms with E-state index in [1.165, 1.54) is 6.42 Å². The van der Waals surface area contributed by atoms with Crippen LogP contribution in [0.3, 0.4) is 0 Å². The first-order valence-electron chi connectivity index (χ1n) is 6.67. The number of carbonyl (C=O) groups is 1. The first-order valence-corrected chi connectivity index (χ1v) is 8.32. The molecule has 18 heavy (non-hydrogen) atoms. The zero-order valence-corrected chi connectivity index (χ0v) is 11.7. The molecule has 0 saturated heterocycles. The summed E-state index contributed by atoms with van der Waals surface area (Å²) < 4.78 is 25.9. The number of unbranched alkanes of at least 4 members (excludes halogenated alkanes) is 1. The lowest BCUT2D eigenvalue weighted by atomic mass is 9.84. The molecule has 0 radical (unpaired) electrons. The number of carboxylic acid groups (broad SMARTS) is 1. The molecule has 5 nitrogen and oxygen atoms in total. The molecule has 0 aliphatic heterocycles. The summed E-state index contributed by atoms with van der Waals surface area (Å²) in [5.41, 5.74) is 0. The molecule has 0 bridgehead atoms. The van der Waals surface area contributed by atoms with Gasteiger partial charge in [-0.2, -0.15) is 0 Å². The molecular weight excluding hydrogens is 254 g/mol. The summed E-state index contributed by atoms with van der Waals surface area (Å²) in [5.74, 6) is -0.524.